The van der Waals surface area contributed by atoms with Crippen LogP contribution < -0.4 is 16.0 Å². The number of carbonyl (C=O) groups excluding carboxylic acids is 3. The van der Waals surface area contributed by atoms with Gasteiger partial charge in [0, 0.05) is 24.7 Å². The van der Waals surface area contributed by atoms with Crippen molar-refractivity contribution in [1.29, 1.82) is 0 Å². The van der Waals surface area contributed by atoms with E-state index in [0.29, 0.717) is 18.0 Å². The first-order valence-corrected chi connectivity index (χ1v) is 11.9. The van der Waals surface area contributed by atoms with Gasteiger partial charge in [-0.15, -0.1) is 11.3 Å². The van der Waals surface area contributed by atoms with E-state index in [1.165, 1.54) is 23.1 Å². The Morgan fingerprint density at radius 3 is 2.87 bits per heavy atom. The molecule has 3 amide bonds. The third-order valence-corrected chi connectivity index (χ3v) is 7.56. The molecular formula is C20H25N5O3S2. The van der Waals surface area contributed by atoms with E-state index in [4.69, 9.17) is 0 Å². The number of piperidine rings is 1. The van der Waals surface area contributed by atoms with Gasteiger partial charge in [-0.25, -0.2) is 4.98 Å². The number of benzene rings is 1. The van der Waals surface area contributed by atoms with E-state index < -0.39 is 0 Å². The highest BCUT2D eigenvalue weighted by Crippen LogP contribution is 2.31. The van der Waals surface area contributed by atoms with Crippen LogP contribution in [0.3, 0.4) is 0 Å². The molecule has 1 unspecified atom stereocenters. The molecule has 160 valence electrons. The van der Waals surface area contributed by atoms with Crippen LogP contribution in [0.4, 0.5) is 5.69 Å². The van der Waals surface area contributed by atoms with Crippen molar-refractivity contribution in [2.24, 2.45) is 5.92 Å². The quantitative estimate of drug-likeness (QED) is 0.582. The SMILES string of the molecule is CN1CCC(NC(=O)CSc2nc3ccc(NC(=O)C4CNC(=O)C4)cc3s2)CC1. The molecular weight excluding hydrogens is 422 g/mol. The maximum Gasteiger partial charge on any atom is 0.230 e. The number of carbonyl (C=O) groups is 3. The van der Waals surface area contributed by atoms with Crippen LogP contribution >= 0.6 is 23.1 Å². The predicted molar refractivity (Wildman–Crippen MR) is 119 cm³/mol. The highest BCUT2D eigenvalue weighted by Gasteiger charge is 2.28. The number of rotatable bonds is 6. The number of nitrogens with zero attached hydrogens (tertiary/aromatic N) is 2. The van der Waals surface area contributed by atoms with Crippen molar-refractivity contribution in [2.75, 3.05) is 37.8 Å². The van der Waals surface area contributed by atoms with Crippen molar-refractivity contribution in [3.05, 3.63) is 18.2 Å². The van der Waals surface area contributed by atoms with E-state index >= 15 is 0 Å². The van der Waals surface area contributed by atoms with E-state index in [2.05, 4.69) is 32.9 Å². The first kappa shape index (κ1) is 21.1. The number of anilines is 1. The summed E-state index contributed by atoms with van der Waals surface area (Å²) < 4.78 is 1.78. The third kappa shape index (κ3) is 5.30. The lowest BCUT2D eigenvalue weighted by Crippen LogP contribution is -2.43. The number of likely N-dealkylation sites (tertiary alicyclic amines) is 1. The molecule has 1 aromatic carbocycles. The Hall–Kier alpha value is -2.17. The monoisotopic (exact) mass is 447 g/mol. The van der Waals surface area contributed by atoms with Gasteiger partial charge >= 0.3 is 0 Å². The lowest BCUT2D eigenvalue weighted by Gasteiger charge is -2.29. The summed E-state index contributed by atoms with van der Waals surface area (Å²) in [6.07, 6.45) is 2.22. The third-order valence-electron chi connectivity index (χ3n) is 5.39. The zero-order valence-corrected chi connectivity index (χ0v) is 18.4. The van der Waals surface area contributed by atoms with Crippen molar-refractivity contribution in [2.45, 2.75) is 29.6 Å². The molecule has 2 aliphatic heterocycles. The molecule has 2 saturated heterocycles. The summed E-state index contributed by atoms with van der Waals surface area (Å²) in [4.78, 5) is 42.7. The van der Waals surface area contributed by atoms with Crippen molar-refractivity contribution in [3.63, 3.8) is 0 Å². The van der Waals surface area contributed by atoms with Gasteiger partial charge in [0.05, 0.1) is 21.9 Å². The Morgan fingerprint density at radius 2 is 2.13 bits per heavy atom. The molecule has 0 spiro atoms. The van der Waals surface area contributed by atoms with Gasteiger partial charge in [-0.1, -0.05) is 11.8 Å². The summed E-state index contributed by atoms with van der Waals surface area (Å²) in [6, 6.07) is 5.83. The zero-order valence-electron chi connectivity index (χ0n) is 16.8. The molecule has 0 aliphatic carbocycles. The average Bonchev–Trinajstić information content (AvgIpc) is 3.33. The number of hydrogen-bond acceptors (Lipinski definition) is 7. The molecule has 3 N–H and O–H groups in total. The summed E-state index contributed by atoms with van der Waals surface area (Å²) in [6.45, 7) is 2.42. The van der Waals surface area contributed by atoms with Crippen molar-refractivity contribution >= 4 is 56.7 Å². The molecule has 10 heteroatoms. The van der Waals surface area contributed by atoms with Gasteiger partial charge in [0.25, 0.3) is 0 Å². The number of thiazole rings is 1. The fourth-order valence-electron chi connectivity index (χ4n) is 3.63. The molecule has 1 atom stereocenters. The lowest BCUT2D eigenvalue weighted by molar-refractivity contribution is -0.123. The minimum Gasteiger partial charge on any atom is -0.355 e. The van der Waals surface area contributed by atoms with E-state index in [0.717, 1.165) is 40.5 Å². The molecule has 2 fully saturated rings. The van der Waals surface area contributed by atoms with Crippen LogP contribution in [-0.4, -0.2) is 66.1 Å². The molecule has 30 heavy (non-hydrogen) atoms. The maximum atomic E-state index is 12.3. The number of aromatic nitrogens is 1. The van der Waals surface area contributed by atoms with Crippen molar-refractivity contribution in [1.82, 2.24) is 20.5 Å². The molecule has 0 bridgehead atoms. The fraction of sp³-hybridized carbons (Fsp3) is 0.500. The smallest absolute Gasteiger partial charge is 0.230 e. The van der Waals surface area contributed by atoms with Gasteiger partial charge in [-0.2, -0.15) is 0 Å². The van der Waals surface area contributed by atoms with Crippen LogP contribution in [-0.2, 0) is 14.4 Å². The van der Waals surface area contributed by atoms with Crippen LogP contribution in [0.25, 0.3) is 10.2 Å². The summed E-state index contributed by atoms with van der Waals surface area (Å²) in [5.74, 6) is -0.185. The molecule has 4 rings (SSSR count). The van der Waals surface area contributed by atoms with Crippen molar-refractivity contribution in [3.8, 4) is 0 Å². The molecule has 0 saturated carbocycles. The van der Waals surface area contributed by atoms with Crippen LogP contribution in [0.5, 0.6) is 0 Å². The fourth-order valence-corrected chi connectivity index (χ4v) is 5.55. The van der Waals surface area contributed by atoms with Gasteiger partial charge in [0.15, 0.2) is 4.34 Å². The highest BCUT2D eigenvalue weighted by atomic mass is 32.2. The largest absolute Gasteiger partial charge is 0.355 e. The average molecular weight is 448 g/mol. The second-order valence-corrected chi connectivity index (χ2v) is 10.0. The Kier molecular flexibility index (Phi) is 6.55. The standard InChI is InChI=1S/C20H25N5O3S2/c1-25-6-4-13(5-7-25)22-18(27)11-29-20-24-15-3-2-14(9-16(15)30-20)23-19(28)12-8-17(26)21-10-12/h2-3,9,12-13H,4-8,10-11H2,1H3,(H,21,26)(H,22,27)(H,23,28). The van der Waals surface area contributed by atoms with Crippen LogP contribution in [0.15, 0.2) is 22.5 Å². The van der Waals surface area contributed by atoms with Crippen LogP contribution in [0.1, 0.15) is 19.3 Å². The minimum atomic E-state index is -0.330. The number of fused-ring (bicyclic) bond motifs is 1. The lowest BCUT2D eigenvalue weighted by atomic mass is 10.1. The topological polar surface area (TPSA) is 103 Å². The molecule has 2 aromatic rings. The maximum absolute atomic E-state index is 12.3. The Balaban J connectivity index is 1.30. The molecule has 2 aliphatic rings. The first-order chi connectivity index (χ1) is 14.5. The number of nitrogens with one attached hydrogen (secondary N) is 3. The molecule has 3 heterocycles. The van der Waals surface area contributed by atoms with Gasteiger partial charge in [0.1, 0.15) is 0 Å². The van der Waals surface area contributed by atoms with Gasteiger partial charge in [0.2, 0.25) is 17.7 Å². The Bertz CT molecular complexity index is 955. The van der Waals surface area contributed by atoms with Gasteiger partial charge < -0.3 is 20.9 Å². The second kappa shape index (κ2) is 9.32. The number of hydrogen-bond donors (Lipinski definition) is 3. The highest BCUT2D eigenvalue weighted by molar-refractivity contribution is 8.01. The number of thioether (sulfide) groups is 1. The summed E-state index contributed by atoms with van der Waals surface area (Å²) in [5.41, 5.74) is 1.53. The van der Waals surface area contributed by atoms with E-state index in [9.17, 15) is 14.4 Å². The van der Waals surface area contributed by atoms with Crippen LogP contribution in [0.2, 0.25) is 0 Å². The first-order valence-electron chi connectivity index (χ1n) is 10.0. The molecule has 8 nitrogen and oxygen atoms in total. The van der Waals surface area contributed by atoms with E-state index in [1.54, 1.807) is 0 Å². The van der Waals surface area contributed by atoms with E-state index in [1.807, 2.05) is 18.2 Å². The van der Waals surface area contributed by atoms with Gasteiger partial charge in [-0.3, -0.25) is 14.4 Å². The molecule has 1 aromatic heterocycles. The zero-order chi connectivity index (χ0) is 21.1. The Morgan fingerprint density at radius 1 is 1.33 bits per heavy atom. The normalized spacial score (nSPS) is 20.3. The van der Waals surface area contributed by atoms with E-state index in [-0.39, 0.29) is 36.1 Å². The summed E-state index contributed by atoms with van der Waals surface area (Å²) in [7, 11) is 2.10. The van der Waals surface area contributed by atoms with Crippen LogP contribution in [0, 0.1) is 5.92 Å². The van der Waals surface area contributed by atoms with Gasteiger partial charge in [-0.05, 0) is 51.2 Å². The second-order valence-electron chi connectivity index (χ2n) is 7.79. The predicted octanol–water partition coefficient (Wildman–Crippen LogP) is 1.67. The Labute approximate surface area is 183 Å². The minimum absolute atomic E-state index is 0.0430. The van der Waals surface area contributed by atoms with Crippen molar-refractivity contribution < 1.29 is 14.4 Å². The number of amides is 3. The molecule has 0 radical (unpaired) electrons. The summed E-state index contributed by atoms with van der Waals surface area (Å²) in [5, 5.41) is 8.67. The summed E-state index contributed by atoms with van der Waals surface area (Å²) >= 11 is 2.94.